The molecule has 4 rings (SSSR count). The topological polar surface area (TPSA) is 78.5 Å². The molecule has 0 saturated carbocycles. The molecule has 1 aliphatic rings. The molecule has 6 nitrogen and oxygen atoms in total. The minimum atomic E-state index is -4.53. The van der Waals surface area contributed by atoms with E-state index in [0.29, 0.717) is 12.2 Å². The molecule has 0 saturated heterocycles. The van der Waals surface area contributed by atoms with Crippen LogP contribution in [0.4, 0.5) is 24.5 Å². The van der Waals surface area contributed by atoms with Crippen molar-refractivity contribution in [1.82, 2.24) is 4.90 Å². The molecule has 0 fully saturated rings. The normalized spacial score (nSPS) is 15.1. The Morgan fingerprint density at radius 2 is 1.61 bits per heavy atom. The number of rotatable bonds is 5. The summed E-state index contributed by atoms with van der Waals surface area (Å²) in [5.74, 6) is -1.07. The van der Waals surface area contributed by atoms with Gasteiger partial charge in [-0.15, -0.1) is 0 Å². The summed E-state index contributed by atoms with van der Waals surface area (Å²) in [6.07, 6.45) is -3.77. The van der Waals surface area contributed by atoms with Crippen LogP contribution in [0.2, 0.25) is 0 Å². The van der Waals surface area contributed by atoms with Gasteiger partial charge in [0.25, 0.3) is 5.91 Å². The van der Waals surface area contributed by atoms with Crippen molar-refractivity contribution in [3.05, 3.63) is 95.1 Å². The van der Waals surface area contributed by atoms with Gasteiger partial charge in [0.15, 0.2) is 0 Å². The summed E-state index contributed by atoms with van der Waals surface area (Å²) in [7, 11) is 0. The molecule has 0 spiro atoms. The summed E-state index contributed by atoms with van der Waals surface area (Å²) in [5.41, 5.74) is 1.69. The number of carbonyl (C=O) groups excluding carboxylic acids is 3. The number of alkyl halides is 3. The second kappa shape index (κ2) is 10.2. The van der Waals surface area contributed by atoms with E-state index in [1.165, 1.54) is 31.2 Å². The van der Waals surface area contributed by atoms with Crippen molar-refractivity contribution < 1.29 is 27.6 Å². The third-order valence-corrected chi connectivity index (χ3v) is 6.05. The first kappa shape index (κ1) is 25.0. The summed E-state index contributed by atoms with van der Waals surface area (Å²) < 4.78 is 38.8. The Kier molecular flexibility index (Phi) is 7.10. The highest BCUT2D eigenvalue weighted by atomic mass is 19.4. The van der Waals surface area contributed by atoms with Crippen molar-refractivity contribution in [3.63, 3.8) is 0 Å². The number of amides is 3. The molecule has 0 bridgehead atoms. The fourth-order valence-corrected chi connectivity index (χ4v) is 4.35. The maximum Gasteiger partial charge on any atom is 0.416 e. The van der Waals surface area contributed by atoms with Crippen LogP contribution in [0.3, 0.4) is 0 Å². The van der Waals surface area contributed by atoms with E-state index in [1.807, 2.05) is 24.3 Å². The molecule has 1 unspecified atom stereocenters. The highest BCUT2D eigenvalue weighted by Gasteiger charge is 2.31. The lowest BCUT2D eigenvalue weighted by molar-refractivity contribution is -0.137. The zero-order chi connectivity index (χ0) is 25.9. The van der Waals surface area contributed by atoms with E-state index < -0.39 is 23.7 Å². The number of hydrogen-bond donors (Lipinski definition) is 2. The van der Waals surface area contributed by atoms with Crippen molar-refractivity contribution in [2.45, 2.75) is 32.0 Å². The highest BCUT2D eigenvalue weighted by Crippen LogP contribution is 2.33. The van der Waals surface area contributed by atoms with E-state index in [2.05, 4.69) is 10.6 Å². The first-order chi connectivity index (χ1) is 17.1. The molecular weight excluding hydrogens is 471 g/mol. The van der Waals surface area contributed by atoms with E-state index in [9.17, 15) is 27.6 Å². The van der Waals surface area contributed by atoms with Crippen LogP contribution in [-0.4, -0.2) is 29.2 Å². The Balaban J connectivity index is 1.46. The number of benzene rings is 3. The van der Waals surface area contributed by atoms with E-state index in [4.69, 9.17) is 0 Å². The lowest BCUT2D eigenvalue weighted by Gasteiger charge is -2.36. The maximum absolute atomic E-state index is 12.9. The number of fused-ring (bicyclic) bond motifs is 1. The quantitative estimate of drug-likeness (QED) is 0.495. The second-order valence-electron chi connectivity index (χ2n) is 8.54. The zero-order valence-corrected chi connectivity index (χ0v) is 19.4. The first-order valence-corrected chi connectivity index (χ1v) is 11.4. The third kappa shape index (κ3) is 5.73. The first-order valence-electron chi connectivity index (χ1n) is 11.4. The van der Waals surface area contributed by atoms with Gasteiger partial charge in [0, 0.05) is 30.4 Å². The van der Waals surface area contributed by atoms with Crippen molar-refractivity contribution in [3.8, 4) is 0 Å². The monoisotopic (exact) mass is 495 g/mol. The number of anilines is 2. The standard InChI is InChI=1S/C27H24F3N3O3/c1-17(34)33-13-12-18-6-2-3-11-23(18)24(33)16-25(35)31-21-9-4-7-19(14-21)26(36)32-22-10-5-8-20(15-22)27(28,29)30/h2-11,14-15,24H,12-13,16H2,1H3,(H,31,35)(H,32,36). The fraction of sp³-hybridized carbons (Fsp3) is 0.222. The fourth-order valence-electron chi connectivity index (χ4n) is 4.35. The third-order valence-electron chi connectivity index (χ3n) is 6.05. The van der Waals surface area contributed by atoms with Crippen LogP contribution < -0.4 is 10.6 Å². The Morgan fingerprint density at radius 3 is 2.33 bits per heavy atom. The average Bonchev–Trinajstić information content (AvgIpc) is 2.84. The van der Waals surface area contributed by atoms with Gasteiger partial charge in [0.2, 0.25) is 11.8 Å². The molecule has 3 aromatic rings. The summed E-state index contributed by atoms with van der Waals surface area (Å²) in [6, 6.07) is 17.8. The number of hydrogen-bond acceptors (Lipinski definition) is 3. The van der Waals surface area contributed by atoms with Gasteiger partial charge in [-0.1, -0.05) is 36.4 Å². The molecule has 1 atom stereocenters. The largest absolute Gasteiger partial charge is 0.416 e. The predicted octanol–water partition coefficient (Wildman–Crippen LogP) is 5.43. The van der Waals surface area contributed by atoms with Crippen molar-refractivity contribution in [1.29, 1.82) is 0 Å². The van der Waals surface area contributed by atoms with Crippen LogP contribution in [0, 0.1) is 0 Å². The van der Waals surface area contributed by atoms with Crippen molar-refractivity contribution >= 4 is 29.1 Å². The van der Waals surface area contributed by atoms with Crippen molar-refractivity contribution in [2.75, 3.05) is 17.2 Å². The molecular formula is C27H24F3N3O3. The van der Waals surface area contributed by atoms with E-state index >= 15 is 0 Å². The maximum atomic E-state index is 12.9. The Bertz CT molecular complexity index is 1310. The van der Waals surface area contributed by atoms with Gasteiger partial charge in [-0.25, -0.2) is 0 Å². The Labute approximate surface area is 206 Å². The van der Waals surface area contributed by atoms with Crippen LogP contribution in [0.25, 0.3) is 0 Å². The predicted molar refractivity (Wildman–Crippen MR) is 129 cm³/mol. The molecule has 0 aliphatic carbocycles. The summed E-state index contributed by atoms with van der Waals surface area (Å²) in [4.78, 5) is 39.4. The second-order valence-corrected chi connectivity index (χ2v) is 8.54. The van der Waals surface area contributed by atoms with Gasteiger partial charge < -0.3 is 15.5 Å². The minimum absolute atomic E-state index is 0.00421. The highest BCUT2D eigenvalue weighted by molar-refractivity contribution is 6.05. The van der Waals surface area contributed by atoms with Gasteiger partial charge in [-0.05, 0) is 53.9 Å². The van der Waals surface area contributed by atoms with Gasteiger partial charge in [0.1, 0.15) is 0 Å². The smallest absolute Gasteiger partial charge is 0.335 e. The summed E-state index contributed by atoms with van der Waals surface area (Å²) in [5, 5.41) is 5.21. The molecule has 1 heterocycles. The molecule has 9 heteroatoms. The van der Waals surface area contributed by atoms with Crippen LogP contribution in [0.1, 0.15) is 46.4 Å². The number of halogens is 3. The molecule has 0 radical (unpaired) electrons. The molecule has 0 aromatic heterocycles. The lowest BCUT2D eigenvalue weighted by Crippen LogP contribution is -2.40. The molecule has 3 aromatic carbocycles. The lowest BCUT2D eigenvalue weighted by atomic mass is 9.90. The SMILES string of the molecule is CC(=O)N1CCc2ccccc2C1CC(=O)Nc1cccc(C(=O)Nc2cccc(C(F)(F)F)c2)c1. The van der Waals surface area contributed by atoms with Gasteiger partial charge in [-0.3, -0.25) is 14.4 Å². The summed E-state index contributed by atoms with van der Waals surface area (Å²) in [6.45, 7) is 2.00. The summed E-state index contributed by atoms with van der Waals surface area (Å²) >= 11 is 0. The van der Waals surface area contributed by atoms with Gasteiger partial charge in [0.05, 0.1) is 18.0 Å². The minimum Gasteiger partial charge on any atom is -0.335 e. The number of nitrogens with zero attached hydrogens (tertiary/aromatic N) is 1. The number of nitrogens with one attached hydrogen (secondary N) is 2. The zero-order valence-electron chi connectivity index (χ0n) is 19.4. The number of carbonyl (C=O) groups is 3. The molecule has 1 aliphatic heterocycles. The van der Waals surface area contributed by atoms with Crippen LogP contribution in [0.15, 0.2) is 72.8 Å². The van der Waals surface area contributed by atoms with E-state index in [1.54, 1.807) is 17.0 Å². The molecule has 2 N–H and O–H groups in total. The van der Waals surface area contributed by atoms with Crippen LogP contribution in [-0.2, 0) is 22.2 Å². The van der Waals surface area contributed by atoms with E-state index in [-0.39, 0.29) is 29.5 Å². The Morgan fingerprint density at radius 1 is 0.917 bits per heavy atom. The van der Waals surface area contributed by atoms with Gasteiger partial charge >= 0.3 is 6.18 Å². The van der Waals surface area contributed by atoms with Crippen LogP contribution >= 0.6 is 0 Å². The molecule has 186 valence electrons. The molecule has 3 amide bonds. The van der Waals surface area contributed by atoms with Crippen molar-refractivity contribution in [2.24, 2.45) is 0 Å². The molecule has 36 heavy (non-hydrogen) atoms. The van der Waals surface area contributed by atoms with Crippen LogP contribution in [0.5, 0.6) is 0 Å². The Hall–Kier alpha value is -4.14. The van der Waals surface area contributed by atoms with Gasteiger partial charge in [-0.2, -0.15) is 13.2 Å². The van der Waals surface area contributed by atoms with E-state index in [0.717, 1.165) is 29.7 Å². The average molecular weight is 496 g/mol.